The Morgan fingerprint density at radius 1 is 1.36 bits per heavy atom. The largest absolute Gasteiger partial charge is 0.388 e. The van der Waals surface area contributed by atoms with Crippen molar-refractivity contribution in [2.75, 3.05) is 11.9 Å². The first-order valence-corrected chi connectivity index (χ1v) is 5.20. The van der Waals surface area contributed by atoms with E-state index in [0.29, 0.717) is 12.5 Å². The van der Waals surface area contributed by atoms with Gasteiger partial charge in [-0.1, -0.05) is 18.2 Å². The number of nitrogens with one attached hydrogen (secondary N) is 1. The highest BCUT2D eigenvalue weighted by Gasteiger charge is 2.39. The third-order valence-corrected chi connectivity index (χ3v) is 2.88. The molecule has 1 atom stereocenters. The lowest BCUT2D eigenvalue weighted by Crippen LogP contribution is -2.35. The molecule has 0 radical (unpaired) electrons. The number of anilines is 1. The Hall–Kier alpha value is -1.02. The van der Waals surface area contributed by atoms with Crippen LogP contribution >= 0.6 is 0 Å². The van der Waals surface area contributed by atoms with E-state index in [1.165, 1.54) is 12.8 Å². The Kier molecular flexibility index (Phi) is 2.46. The SMILES string of the molecule is CC(O)(CNc1ccccc1)C1CC1. The van der Waals surface area contributed by atoms with Crippen LogP contribution in [0.4, 0.5) is 5.69 Å². The second-order valence-corrected chi connectivity index (χ2v) is 4.35. The first kappa shape index (κ1) is 9.53. The molecular weight excluding hydrogens is 174 g/mol. The lowest BCUT2D eigenvalue weighted by atomic mass is 10.0. The molecule has 0 aliphatic heterocycles. The van der Waals surface area contributed by atoms with Crippen molar-refractivity contribution in [1.29, 1.82) is 0 Å². The van der Waals surface area contributed by atoms with Gasteiger partial charge in [0.15, 0.2) is 0 Å². The minimum Gasteiger partial charge on any atom is -0.388 e. The fourth-order valence-corrected chi connectivity index (χ4v) is 1.69. The molecule has 2 nitrogen and oxygen atoms in total. The van der Waals surface area contributed by atoms with Crippen molar-refractivity contribution in [2.24, 2.45) is 5.92 Å². The van der Waals surface area contributed by atoms with Crippen molar-refractivity contribution in [3.63, 3.8) is 0 Å². The molecule has 0 bridgehead atoms. The highest BCUT2D eigenvalue weighted by molar-refractivity contribution is 5.42. The number of benzene rings is 1. The van der Waals surface area contributed by atoms with Crippen LogP contribution in [0.25, 0.3) is 0 Å². The standard InChI is InChI=1S/C12H17NO/c1-12(14,10-7-8-10)9-13-11-5-3-2-4-6-11/h2-6,10,13-14H,7-9H2,1H3. The zero-order valence-electron chi connectivity index (χ0n) is 8.53. The second-order valence-electron chi connectivity index (χ2n) is 4.35. The molecule has 2 rings (SSSR count). The maximum atomic E-state index is 10.1. The predicted molar refractivity (Wildman–Crippen MR) is 58.3 cm³/mol. The van der Waals surface area contributed by atoms with Gasteiger partial charge in [0.2, 0.25) is 0 Å². The van der Waals surface area contributed by atoms with E-state index < -0.39 is 5.60 Å². The number of hydrogen-bond donors (Lipinski definition) is 2. The molecule has 1 aliphatic carbocycles. The van der Waals surface area contributed by atoms with E-state index in [-0.39, 0.29) is 0 Å². The van der Waals surface area contributed by atoms with Crippen LogP contribution in [-0.4, -0.2) is 17.3 Å². The molecule has 1 saturated carbocycles. The second kappa shape index (κ2) is 3.62. The summed E-state index contributed by atoms with van der Waals surface area (Å²) in [7, 11) is 0. The van der Waals surface area contributed by atoms with Crippen LogP contribution in [0.5, 0.6) is 0 Å². The molecular formula is C12H17NO. The van der Waals surface area contributed by atoms with Crippen molar-refractivity contribution in [3.8, 4) is 0 Å². The zero-order valence-corrected chi connectivity index (χ0v) is 8.53. The third-order valence-electron chi connectivity index (χ3n) is 2.88. The molecule has 0 aromatic heterocycles. The molecule has 76 valence electrons. The Balaban J connectivity index is 1.87. The van der Waals surface area contributed by atoms with Crippen molar-refractivity contribution in [2.45, 2.75) is 25.4 Å². The van der Waals surface area contributed by atoms with Crippen LogP contribution in [0, 0.1) is 5.92 Å². The molecule has 14 heavy (non-hydrogen) atoms. The molecule has 1 aromatic carbocycles. The molecule has 0 heterocycles. The monoisotopic (exact) mass is 191 g/mol. The molecule has 1 aliphatic rings. The quantitative estimate of drug-likeness (QED) is 0.765. The summed E-state index contributed by atoms with van der Waals surface area (Å²) in [6.07, 6.45) is 2.34. The van der Waals surface area contributed by atoms with Gasteiger partial charge in [-0.15, -0.1) is 0 Å². The summed E-state index contributed by atoms with van der Waals surface area (Å²) in [5.41, 5.74) is 0.531. The molecule has 1 fully saturated rings. The Bertz CT molecular complexity index is 290. The highest BCUT2D eigenvalue weighted by atomic mass is 16.3. The van der Waals surface area contributed by atoms with Crippen LogP contribution in [0.15, 0.2) is 30.3 Å². The summed E-state index contributed by atoms with van der Waals surface area (Å²) in [6.45, 7) is 2.56. The van der Waals surface area contributed by atoms with Crippen molar-refractivity contribution in [3.05, 3.63) is 30.3 Å². The van der Waals surface area contributed by atoms with E-state index in [9.17, 15) is 5.11 Å². The molecule has 0 spiro atoms. The number of rotatable bonds is 4. The van der Waals surface area contributed by atoms with Crippen molar-refractivity contribution < 1.29 is 5.11 Å². The number of para-hydroxylation sites is 1. The summed E-state index contributed by atoms with van der Waals surface area (Å²) < 4.78 is 0. The van der Waals surface area contributed by atoms with Crippen LogP contribution < -0.4 is 5.32 Å². The van der Waals surface area contributed by atoms with Gasteiger partial charge in [0.25, 0.3) is 0 Å². The van der Waals surface area contributed by atoms with Gasteiger partial charge in [-0.25, -0.2) is 0 Å². The molecule has 2 N–H and O–H groups in total. The van der Waals surface area contributed by atoms with Gasteiger partial charge in [0.05, 0.1) is 5.60 Å². The van der Waals surface area contributed by atoms with Gasteiger partial charge in [-0.05, 0) is 37.8 Å². The fraction of sp³-hybridized carbons (Fsp3) is 0.500. The van der Waals surface area contributed by atoms with Crippen molar-refractivity contribution in [1.82, 2.24) is 0 Å². The van der Waals surface area contributed by atoms with Gasteiger partial charge in [-0.3, -0.25) is 0 Å². The lowest BCUT2D eigenvalue weighted by Gasteiger charge is -2.23. The van der Waals surface area contributed by atoms with Gasteiger partial charge in [-0.2, -0.15) is 0 Å². The Morgan fingerprint density at radius 3 is 2.57 bits per heavy atom. The van der Waals surface area contributed by atoms with Crippen LogP contribution in [-0.2, 0) is 0 Å². The summed E-state index contributed by atoms with van der Waals surface area (Å²) in [5.74, 6) is 0.499. The van der Waals surface area contributed by atoms with Crippen LogP contribution in [0.1, 0.15) is 19.8 Å². The molecule has 1 aromatic rings. The zero-order chi connectivity index (χ0) is 10.0. The number of aliphatic hydroxyl groups is 1. The molecule has 0 saturated heterocycles. The Labute approximate surface area is 85.0 Å². The van der Waals surface area contributed by atoms with E-state index in [2.05, 4.69) is 5.32 Å². The van der Waals surface area contributed by atoms with Crippen molar-refractivity contribution >= 4 is 5.69 Å². The topological polar surface area (TPSA) is 32.3 Å². The lowest BCUT2D eigenvalue weighted by molar-refractivity contribution is 0.0503. The number of hydrogen-bond acceptors (Lipinski definition) is 2. The predicted octanol–water partition coefficient (Wildman–Crippen LogP) is 2.26. The fourth-order valence-electron chi connectivity index (χ4n) is 1.69. The average molecular weight is 191 g/mol. The first-order valence-electron chi connectivity index (χ1n) is 5.20. The highest BCUT2D eigenvalue weighted by Crippen LogP contribution is 2.39. The van der Waals surface area contributed by atoms with E-state index in [1.807, 2.05) is 37.3 Å². The maximum absolute atomic E-state index is 10.1. The van der Waals surface area contributed by atoms with Gasteiger partial charge in [0, 0.05) is 12.2 Å². The maximum Gasteiger partial charge on any atom is 0.0819 e. The van der Waals surface area contributed by atoms with Gasteiger partial charge < -0.3 is 10.4 Å². The van der Waals surface area contributed by atoms with Crippen LogP contribution in [0.3, 0.4) is 0 Å². The van der Waals surface area contributed by atoms with Gasteiger partial charge >= 0.3 is 0 Å². The Morgan fingerprint density at radius 2 is 2.00 bits per heavy atom. The van der Waals surface area contributed by atoms with Gasteiger partial charge in [0.1, 0.15) is 0 Å². The van der Waals surface area contributed by atoms with E-state index in [4.69, 9.17) is 0 Å². The third kappa shape index (κ3) is 2.26. The minimum atomic E-state index is -0.546. The average Bonchev–Trinajstić information content (AvgIpc) is 3.00. The normalized spacial score (nSPS) is 20.1. The van der Waals surface area contributed by atoms with E-state index in [0.717, 1.165) is 5.69 Å². The summed E-state index contributed by atoms with van der Waals surface area (Å²) in [6, 6.07) is 10.0. The van der Waals surface area contributed by atoms with E-state index in [1.54, 1.807) is 0 Å². The first-order chi connectivity index (χ1) is 6.68. The molecule has 1 unspecified atom stereocenters. The minimum absolute atomic E-state index is 0.499. The molecule has 2 heteroatoms. The smallest absolute Gasteiger partial charge is 0.0819 e. The summed E-state index contributed by atoms with van der Waals surface area (Å²) in [4.78, 5) is 0. The molecule has 0 amide bonds. The summed E-state index contributed by atoms with van der Waals surface area (Å²) in [5, 5.41) is 13.3. The summed E-state index contributed by atoms with van der Waals surface area (Å²) >= 11 is 0. The van der Waals surface area contributed by atoms with E-state index >= 15 is 0 Å². The van der Waals surface area contributed by atoms with Crippen LogP contribution in [0.2, 0.25) is 0 Å².